The molecule has 0 fully saturated rings. The molecule has 4 nitrogen and oxygen atoms in total. The van der Waals surface area contributed by atoms with Gasteiger partial charge in [0.15, 0.2) is 11.5 Å². The van der Waals surface area contributed by atoms with Crippen LogP contribution < -0.4 is 0 Å². The fraction of sp³-hybridized carbons (Fsp3) is 0.400. The van der Waals surface area contributed by atoms with Crippen LogP contribution in [0.2, 0.25) is 0 Å². The highest BCUT2D eigenvalue weighted by Gasteiger charge is 2.18. The van der Waals surface area contributed by atoms with Gasteiger partial charge < -0.3 is 0 Å². The van der Waals surface area contributed by atoms with Crippen LogP contribution in [0, 0.1) is 0 Å². The van der Waals surface area contributed by atoms with Crippen LogP contribution in [0.1, 0.15) is 48.9 Å². The van der Waals surface area contributed by atoms with E-state index in [1.807, 2.05) is 36.7 Å². The van der Waals surface area contributed by atoms with Crippen LogP contribution in [0.5, 0.6) is 0 Å². The Balaban J connectivity index is 2.57. The summed E-state index contributed by atoms with van der Waals surface area (Å²) in [6.07, 6.45) is 2.13. The van der Waals surface area contributed by atoms with E-state index in [2.05, 4.69) is 23.3 Å². The van der Waals surface area contributed by atoms with Crippen LogP contribution in [-0.2, 0) is 12.8 Å². The van der Waals surface area contributed by atoms with Gasteiger partial charge in [-0.3, -0.25) is 4.79 Å². The number of para-hydroxylation sites is 1. The van der Waals surface area contributed by atoms with Gasteiger partial charge >= 0.3 is 0 Å². The number of hydrogen-bond donors (Lipinski definition) is 0. The van der Waals surface area contributed by atoms with Crippen molar-refractivity contribution in [3.8, 4) is 5.69 Å². The third kappa shape index (κ3) is 2.43. The van der Waals surface area contributed by atoms with Crippen LogP contribution in [0.15, 0.2) is 24.3 Å². The zero-order chi connectivity index (χ0) is 13.8. The molecule has 0 bridgehead atoms. The van der Waals surface area contributed by atoms with Crippen molar-refractivity contribution in [2.45, 2.75) is 40.0 Å². The number of carbonyl (C=O) groups excluding carboxylic acids is 1. The van der Waals surface area contributed by atoms with Gasteiger partial charge in [0, 0.05) is 6.42 Å². The first-order valence-electron chi connectivity index (χ1n) is 6.78. The highest BCUT2D eigenvalue weighted by atomic mass is 16.1. The van der Waals surface area contributed by atoms with Gasteiger partial charge in [-0.05, 0) is 24.5 Å². The minimum atomic E-state index is 0.0529. The molecular weight excluding hydrogens is 238 g/mol. The monoisotopic (exact) mass is 257 g/mol. The molecule has 0 amide bonds. The molecule has 0 saturated heterocycles. The maximum Gasteiger partial charge on any atom is 0.184 e. The molecule has 1 aromatic carbocycles. The van der Waals surface area contributed by atoms with Crippen molar-refractivity contribution >= 4 is 5.78 Å². The zero-order valence-electron chi connectivity index (χ0n) is 11.7. The largest absolute Gasteiger partial charge is 0.292 e. The first-order chi connectivity index (χ1) is 9.22. The lowest BCUT2D eigenvalue weighted by atomic mass is 10.1. The molecule has 0 radical (unpaired) electrons. The van der Waals surface area contributed by atoms with Gasteiger partial charge in [0.1, 0.15) is 0 Å². The summed E-state index contributed by atoms with van der Waals surface area (Å²) >= 11 is 0. The first-order valence-corrected chi connectivity index (χ1v) is 6.78. The van der Waals surface area contributed by atoms with Crippen molar-refractivity contribution in [1.82, 2.24) is 15.0 Å². The number of rotatable bonds is 5. The summed E-state index contributed by atoms with van der Waals surface area (Å²) in [4.78, 5) is 11.9. The second kappa shape index (κ2) is 5.78. The molecule has 2 rings (SSSR count). The fourth-order valence-electron chi connectivity index (χ4n) is 2.21. The second-order valence-electron chi connectivity index (χ2n) is 4.41. The summed E-state index contributed by atoms with van der Waals surface area (Å²) in [7, 11) is 0. The second-order valence-corrected chi connectivity index (χ2v) is 4.41. The summed E-state index contributed by atoms with van der Waals surface area (Å²) in [5, 5.41) is 8.25. The van der Waals surface area contributed by atoms with Crippen LogP contribution in [0.4, 0.5) is 0 Å². The Morgan fingerprint density at radius 1 is 1.16 bits per heavy atom. The minimum Gasteiger partial charge on any atom is -0.292 e. The lowest BCUT2D eigenvalue weighted by molar-refractivity contribution is 0.0982. The van der Waals surface area contributed by atoms with Crippen molar-refractivity contribution in [1.29, 1.82) is 0 Å². The molecule has 1 heterocycles. The van der Waals surface area contributed by atoms with Gasteiger partial charge in [0.2, 0.25) is 0 Å². The van der Waals surface area contributed by atoms with Crippen molar-refractivity contribution in [3.63, 3.8) is 0 Å². The van der Waals surface area contributed by atoms with Crippen molar-refractivity contribution < 1.29 is 4.79 Å². The maximum absolute atomic E-state index is 11.9. The standard InChI is InChI=1S/C15H19N3O/c1-4-11-9-7-8-10-13(11)18-12(5-2)15(16-17-18)14(19)6-3/h7-10H,4-6H2,1-3H3. The Labute approximate surface area is 113 Å². The highest BCUT2D eigenvalue weighted by Crippen LogP contribution is 2.19. The highest BCUT2D eigenvalue weighted by molar-refractivity contribution is 5.95. The SMILES string of the molecule is CCC(=O)c1nnn(-c2ccccc2CC)c1CC. The van der Waals surface area contributed by atoms with Crippen molar-refractivity contribution in [2.24, 2.45) is 0 Å². The Morgan fingerprint density at radius 2 is 1.89 bits per heavy atom. The number of benzene rings is 1. The van der Waals surface area contributed by atoms with E-state index in [0.717, 1.165) is 24.2 Å². The molecule has 0 spiro atoms. The predicted octanol–water partition coefficient (Wildman–Crippen LogP) is 2.98. The number of nitrogens with zero attached hydrogens (tertiary/aromatic N) is 3. The molecule has 0 aliphatic heterocycles. The van der Waals surface area contributed by atoms with Gasteiger partial charge in [-0.2, -0.15) is 0 Å². The zero-order valence-corrected chi connectivity index (χ0v) is 11.7. The Morgan fingerprint density at radius 3 is 2.53 bits per heavy atom. The molecule has 0 unspecified atom stereocenters. The number of ketones is 1. The predicted molar refractivity (Wildman–Crippen MR) is 74.7 cm³/mol. The molecule has 0 atom stereocenters. The average molecular weight is 257 g/mol. The van der Waals surface area contributed by atoms with Crippen molar-refractivity contribution in [2.75, 3.05) is 0 Å². The summed E-state index contributed by atoms with van der Waals surface area (Å²) in [5.74, 6) is 0.0529. The molecule has 19 heavy (non-hydrogen) atoms. The molecule has 2 aromatic rings. The van der Waals surface area contributed by atoms with E-state index in [9.17, 15) is 4.79 Å². The molecule has 1 aromatic heterocycles. The van der Waals surface area contributed by atoms with E-state index < -0.39 is 0 Å². The molecule has 0 aliphatic carbocycles. The molecule has 0 saturated carbocycles. The average Bonchev–Trinajstić information content (AvgIpc) is 2.89. The minimum absolute atomic E-state index is 0.0529. The van der Waals surface area contributed by atoms with E-state index >= 15 is 0 Å². The number of aromatic nitrogens is 3. The first kappa shape index (κ1) is 13.5. The Kier molecular flexibility index (Phi) is 4.10. The Hall–Kier alpha value is -1.97. The van der Waals surface area contributed by atoms with Crippen LogP contribution in [0.3, 0.4) is 0 Å². The van der Waals surface area contributed by atoms with E-state index in [0.29, 0.717) is 12.1 Å². The topological polar surface area (TPSA) is 47.8 Å². The van der Waals surface area contributed by atoms with E-state index in [4.69, 9.17) is 0 Å². The maximum atomic E-state index is 11.9. The van der Waals surface area contributed by atoms with Gasteiger partial charge in [-0.1, -0.05) is 44.2 Å². The molecular formula is C15H19N3O. The van der Waals surface area contributed by atoms with Crippen molar-refractivity contribution in [3.05, 3.63) is 41.2 Å². The lowest BCUT2D eigenvalue weighted by Gasteiger charge is -2.09. The molecule has 0 N–H and O–H groups in total. The Bertz CT molecular complexity index is 587. The summed E-state index contributed by atoms with van der Waals surface area (Å²) in [6.45, 7) is 5.98. The third-order valence-electron chi connectivity index (χ3n) is 3.28. The van der Waals surface area contributed by atoms with Gasteiger partial charge in [-0.15, -0.1) is 5.10 Å². The number of Topliss-reactive ketones (excluding diaryl/α,β-unsaturated/α-hetero) is 1. The number of carbonyl (C=O) groups is 1. The molecule has 100 valence electrons. The van der Waals surface area contributed by atoms with E-state index in [-0.39, 0.29) is 5.78 Å². The van der Waals surface area contributed by atoms with Crippen LogP contribution in [-0.4, -0.2) is 20.8 Å². The van der Waals surface area contributed by atoms with Gasteiger partial charge in [0.05, 0.1) is 11.4 Å². The van der Waals surface area contributed by atoms with Gasteiger partial charge in [-0.25, -0.2) is 4.68 Å². The van der Waals surface area contributed by atoms with E-state index in [1.54, 1.807) is 0 Å². The summed E-state index contributed by atoms with van der Waals surface area (Å²) in [5.41, 5.74) is 3.63. The number of aryl methyl sites for hydroxylation is 1. The quantitative estimate of drug-likeness (QED) is 0.774. The number of hydrogen-bond acceptors (Lipinski definition) is 3. The third-order valence-corrected chi connectivity index (χ3v) is 3.28. The van der Waals surface area contributed by atoms with Gasteiger partial charge in [0.25, 0.3) is 0 Å². The fourth-order valence-corrected chi connectivity index (χ4v) is 2.21. The summed E-state index contributed by atoms with van der Waals surface area (Å²) in [6, 6.07) is 8.10. The van der Waals surface area contributed by atoms with Crippen LogP contribution in [0.25, 0.3) is 5.69 Å². The molecule has 0 aliphatic rings. The summed E-state index contributed by atoms with van der Waals surface area (Å²) < 4.78 is 1.81. The van der Waals surface area contributed by atoms with Crippen LogP contribution >= 0.6 is 0 Å². The molecule has 4 heteroatoms. The normalized spacial score (nSPS) is 10.7. The lowest BCUT2D eigenvalue weighted by Crippen LogP contribution is -2.07. The smallest absolute Gasteiger partial charge is 0.184 e. The van der Waals surface area contributed by atoms with E-state index in [1.165, 1.54) is 5.56 Å².